The van der Waals surface area contributed by atoms with Crippen LogP contribution in [0.1, 0.15) is 28.8 Å². The number of sulfonamides is 1. The molecule has 1 fully saturated rings. The lowest BCUT2D eigenvalue weighted by Crippen LogP contribution is -2.39. The molecule has 0 spiro atoms. The number of aryl methyl sites for hydroxylation is 1. The van der Waals surface area contributed by atoms with E-state index in [1.54, 1.807) is 17.6 Å². The smallest absolute Gasteiger partial charge is 0.277 e. The summed E-state index contributed by atoms with van der Waals surface area (Å²) in [5.41, 5.74) is 4.33. The highest BCUT2D eigenvalue weighted by Crippen LogP contribution is 2.30. The summed E-state index contributed by atoms with van der Waals surface area (Å²) >= 11 is 0. The Balaban J connectivity index is 1.38. The Labute approximate surface area is 198 Å². The van der Waals surface area contributed by atoms with E-state index < -0.39 is 15.9 Å². The van der Waals surface area contributed by atoms with Crippen molar-refractivity contribution >= 4 is 21.9 Å². The van der Waals surface area contributed by atoms with Crippen molar-refractivity contribution in [3.8, 4) is 11.1 Å². The number of carbonyl (C=O) groups excluding carboxylic acids is 1. The molecule has 4 rings (SSSR count). The van der Waals surface area contributed by atoms with Crippen LogP contribution in [0.15, 0.2) is 65.8 Å². The normalized spacial score (nSPS) is 14.7. The monoisotopic (exact) mass is 481 g/mol. The maximum absolute atomic E-state index is 13.2. The zero-order chi connectivity index (χ0) is 24.1. The highest BCUT2D eigenvalue weighted by Gasteiger charge is 2.25. The van der Waals surface area contributed by atoms with Gasteiger partial charge >= 0.3 is 0 Å². The lowest BCUT2D eigenvalue weighted by atomic mass is 9.97. The predicted octanol–water partition coefficient (Wildman–Crippen LogP) is 2.77. The Morgan fingerprint density at radius 1 is 1.03 bits per heavy atom. The third kappa shape index (κ3) is 5.24. The third-order valence-corrected chi connectivity index (χ3v) is 7.55. The summed E-state index contributed by atoms with van der Waals surface area (Å²) in [6.45, 7) is 3.68. The number of amides is 1. The van der Waals surface area contributed by atoms with Crippen molar-refractivity contribution < 1.29 is 18.4 Å². The summed E-state index contributed by atoms with van der Waals surface area (Å²) in [5.74, 6) is 0.0262. The van der Waals surface area contributed by atoms with Crippen molar-refractivity contribution in [2.45, 2.75) is 24.7 Å². The molecule has 9 nitrogen and oxygen atoms in total. The van der Waals surface area contributed by atoms with Crippen LogP contribution in [0.3, 0.4) is 0 Å². The number of piperidine rings is 1. The first-order valence-corrected chi connectivity index (χ1v) is 12.5. The Bertz CT molecular complexity index is 1260. The summed E-state index contributed by atoms with van der Waals surface area (Å²) in [5, 5.41) is 8.69. The molecule has 0 aliphatic carbocycles. The summed E-state index contributed by atoms with van der Waals surface area (Å²) < 4.78 is 29.2. The standard InChI is InChI=1S/C24H27N5O4S/c1-17-6-2-3-7-20(17)21-8-4-5-9-22(21)34(32,33)27-14-18-10-12-29(13-11-18)24-25-15-19(16-26-24)23(30)28-31/h2-9,15-16,18,27,31H,10-14H2,1H3,(H,28,30). The zero-order valence-electron chi connectivity index (χ0n) is 18.8. The first kappa shape index (κ1) is 23.8. The van der Waals surface area contributed by atoms with Gasteiger partial charge in [-0.25, -0.2) is 28.6 Å². The van der Waals surface area contributed by atoms with Gasteiger partial charge in [-0.1, -0.05) is 42.5 Å². The Hall–Kier alpha value is -3.34. The van der Waals surface area contributed by atoms with Gasteiger partial charge in [0.25, 0.3) is 5.91 Å². The predicted molar refractivity (Wildman–Crippen MR) is 128 cm³/mol. The van der Waals surface area contributed by atoms with Crippen molar-refractivity contribution in [2.24, 2.45) is 5.92 Å². The molecule has 0 atom stereocenters. The van der Waals surface area contributed by atoms with Crippen LogP contribution in [0.25, 0.3) is 11.1 Å². The van der Waals surface area contributed by atoms with Crippen molar-refractivity contribution in [2.75, 3.05) is 24.5 Å². The van der Waals surface area contributed by atoms with Crippen LogP contribution in [0.2, 0.25) is 0 Å². The maximum Gasteiger partial charge on any atom is 0.277 e. The molecule has 2 aromatic carbocycles. The number of carbonyl (C=O) groups is 1. The van der Waals surface area contributed by atoms with E-state index in [1.165, 1.54) is 12.4 Å². The molecule has 34 heavy (non-hydrogen) atoms. The van der Waals surface area contributed by atoms with Crippen LogP contribution in [0.5, 0.6) is 0 Å². The quantitative estimate of drug-likeness (QED) is 0.350. The Morgan fingerprint density at radius 2 is 1.65 bits per heavy atom. The zero-order valence-corrected chi connectivity index (χ0v) is 19.6. The van der Waals surface area contributed by atoms with Crippen molar-refractivity contribution in [3.63, 3.8) is 0 Å². The van der Waals surface area contributed by atoms with E-state index in [0.29, 0.717) is 31.1 Å². The molecule has 1 saturated heterocycles. The van der Waals surface area contributed by atoms with E-state index in [4.69, 9.17) is 5.21 Å². The number of nitrogens with zero attached hydrogens (tertiary/aromatic N) is 3. The van der Waals surface area contributed by atoms with Gasteiger partial charge in [0.05, 0.1) is 10.5 Å². The molecule has 0 unspecified atom stereocenters. The Kier molecular flexibility index (Phi) is 7.20. The average Bonchev–Trinajstić information content (AvgIpc) is 2.88. The van der Waals surface area contributed by atoms with Gasteiger partial charge in [-0.05, 0) is 42.9 Å². The molecule has 1 aromatic heterocycles. The van der Waals surface area contributed by atoms with Gasteiger partial charge in [-0.3, -0.25) is 10.0 Å². The lowest BCUT2D eigenvalue weighted by molar-refractivity contribution is 0.0705. The van der Waals surface area contributed by atoms with E-state index in [2.05, 4.69) is 14.7 Å². The van der Waals surface area contributed by atoms with E-state index in [0.717, 1.165) is 24.0 Å². The number of hydrogen-bond acceptors (Lipinski definition) is 7. The van der Waals surface area contributed by atoms with E-state index >= 15 is 0 Å². The van der Waals surface area contributed by atoms with Gasteiger partial charge in [0.15, 0.2) is 0 Å². The number of anilines is 1. The summed E-state index contributed by atoms with van der Waals surface area (Å²) in [6.07, 6.45) is 4.29. The first-order valence-electron chi connectivity index (χ1n) is 11.0. The molecule has 1 aliphatic heterocycles. The number of hydrogen-bond donors (Lipinski definition) is 3. The molecule has 0 radical (unpaired) electrons. The molecule has 0 bridgehead atoms. The highest BCUT2D eigenvalue weighted by atomic mass is 32.2. The second-order valence-corrected chi connectivity index (χ2v) is 10.0. The largest absolute Gasteiger partial charge is 0.341 e. The number of benzene rings is 2. The molecule has 1 aliphatic rings. The fourth-order valence-corrected chi connectivity index (χ4v) is 5.44. The highest BCUT2D eigenvalue weighted by molar-refractivity contribution is 7.89. The van der Waals surface area contributed by atoms with Gasteiger partial charge in [-0.2, -0.15) is 0 Å². The molecule has 3 N–H and O–H groups in total. The first-order chi connectivity index (χ1) is 16.4. The summed E-state index contributed by atoms with van der Waals surface area (Å²) in [7, 11) is -3.68. The van der Waals surface area contributed by atoms with Gasteiger partial charge in [-0.15, -0.1) is 0 Å². The second kappa shape index (κ2) is 10.3. The number of nitrogens with one attached hydrogen (secondary N) is 2. The molecule has 1 amide bonds. The van der Waals surface area contributed by atoms with Crippen molar-refractivity contribution in [3.05, 3.63) is 72.1 Å². The van der Waals surface area contributed by atoms with Crippen molar-refractivity contribution in [1.82, 2.24) is 20.2 Å². The van der Waals surface area contributed by atoms with Gasteiger partial charge in [0.1, 0.15) is 0 Å². The van der Waals surface area contributed by atoms with Gasteiger partial charge in [0, 0.05) is 37.6 Å². The van der Waals surface area contributed by atoms with Gasteiger partial charge in [0.2, 0.25) is 16.0 Å². The fraction of sp³-hybridized carbons (Fsp3) is 0.292. The van der Waals surface area contributed by atoms with Crippen LogP contribution in [0.4, 0.5) is 5.95 Å². The van der Waals surface area contributed by atoms with Crippen LogP contribution in [-0.2, 0) is 10.0 Å². The van der Waals surface area contributed by atoms with Crippen molar-refractivity contribution in [1.29, 1.82) is 0 Å². The van der Waals surface area contributed by atoms with E-state index in [-0.39, 0.29) is 16.4 Å². The number of aromatic nitrogens is 2. The fourth-order valence-electron chi connectivity index (χ4n) is 4.11. The summed E-state index contributed by atoms with van der Waals surface area (Å²) in [6, 6.07) is 14.8. The molecular weight excluding hydrogens is 454 g/mol. The van der Waals surface area contributed by atoms with E-state index in [1.807, 2.05) is 48.2 Å². The number of hydroxylamine groups is 1. The minimum Gasteiger partial charge on any atom is -0.341 e. The van der Waals surface area contributed by atoms with Gasteiger partial charge < -0.3 is 4.90 Å². The minimum absolute atomic E-state index is 0.168. The topological polar surface area (TPSA) is 125 Å². The van der Waals surface area contributed by atoms with Crippen LogP contribution in [-0.4, -0.2) is 49.1 Å². The van der Waals surface area contributed by atoms with Crippen LogP contribution in [0, 0.1) is 12.8 Å². The number of rotatable bonds is 7. The third-order valence-electron chi connectivity index (χ3n) is 6.07. The average molecular weight is 482 g/mol. The molecular formula is C24H27N5O4S. The summed E-state index contributed by atoms with van der Waals surface area (Å²) in [4.78, 5) is 22.1. The second-order valence-electron chi connectivity index (χ2n) is 8.31. The molecule has 2 heterocycles. The molecule has 178 valence electrons. The van der Waals surface area contributed by atoms with E-state index in [9.17, 15) is 13.2 Å². The molecule has 10 heteroatoms. The SMILES string of the molecule is Cc1ccccc1-c1ccccc1S(=O)(=O)NCC1CCN(c2ncc(C(=O)NO)cn2)CC1. The van der Waals surface area contributed by atoms with Crippen LogP contribution >= 0.6 is 0 Å². The minimum atomic E-state index is -3.68. The van der Waals surface area contributed by atoms with Crippen LogP contribution < -0.4 is 15.1 Å². The molecule has 0 saturated carbocycles. The maximum atomic E-state index is 13.2. The lowest BCUT2D eigenvalue weighted by Gasteiger charge is -2.32. The molecule has 3 aromatic rings. The Morgan fingerprint density at radius 3 is 2.29 bits per heavy atom.